The predicted octanol–water partition coefficient (Wildman–Crippen LogP) is 1.21. The van der Waals surface area contributed by atoms with Gasteiger partial charge in [0.2, 0.25) is 0 Å². The lowest BCUT2D eigenvalue weighted by Crippen LogP contribution is -2.41. The van der Waals surface area contributed by atoms with Crippen LogP contribution in [0.3, 0.4) is 0 Å². The number of rotatable bonds is 5. The molecule has 1 aliphatic heterocycles. The van der Waals surface area contributed by atoms with Crippen molar-refractivity contribution in [2.45, 2.75) is 19.5 Å². The molecule has 1 aliphatic rings. The summed E-state index contributed by atoms with van der Waals surface area (Å²) in [6, 6.07) is 10.1. The lowest BCUT2D eigenvalue weighted by atomic mass is 10.1. The molecular weight excluding hydrogens is 294 g/mol. The van der Waals surface area contributed by atoms with E-state index in [-0.39, 0.29) is 30.2 Å². The third-order valence-corrected chi connectivity index (χ3v) is 4.17. The largest absolute Gasteiger partial charge is 0.448 e. The van der Waals surface area contributed by atoms with Crippen LogP contribution in [0, 0.1) is 12.8 Å². The van der Waals surface area contributed by atoms with E-state index in [2.05, 4.69) is 27.3 Å². The minimum atomic E-state index is -0.258. The fraction of sp³-hybridized carbons (Fsp3) is 0.412. The van der Waals surface area contributed by atoms with Crippen LogP contribution in [0.2, 0.25) is 0 Å². The third-order valence-electron chi connectivity index (χ3n) is 4.17. The van der Waals surface area contributed by atoms with Crippen LogP contribution in [0.15, 0.2) is 41.0 Å². The Kier molecular flexibility index (Phi) is 4.73. The Balaban J connectivity index is 1.61. The highest BCUT2D eigenvalue weighted by atomic mass is 16.3. The molecule has 6 nitrogen and oxygen atoms in total. The van der Waals surface area contributed by atoms with Gasteiger partial charge in [0.15, 0.2) is 11.6 Å². The van der Waals surface area contributed by atoms with Crippen molar-refractivity contribution in [2.75, 3.05) is 19.7 Å². The van der Waals surface area contributed by atoms with E-state index in [4.69, 9.17) is 4.42 Å². The molecule has 6 heteroatoms. The number of oxazole rings is 1. The Labute approximate surface area is 135 Å². The van der Waals surface area contributed by atoms with Crippen LogP contribution in [0.25, 0.3) is 0 Å². The quantitative estimate of drug-likeness (QED) is 0.867. The molecule has 0 unspecified atom stereocenters. The molecule has 0 saturated carbocycles. The van der Waals surface area contributed by atoms with Gasteiger partial charge in [-0.25, -0.2) is 4.98 Å². The summed E-state index contributed by atoms with van der Waals surface area (Å²) >= 11 is 0. The number of nitrogens with zero attached hydrogens (tertiary/aromatic N) is 2. The number of hydrogen-bond donors (Lipinski definition) is 2. The van der Waals surface area contributed by atoms with Crippen LogP contribution < -0.4 is 5.32 Å². The van der Waals surface area contributed by atoms with Crippen molar-refractivity contribution >= 4 is 5.91 Å². The number of amides is 1. The minimum Gasteiger partial charge on any atom is -0.448 e. The molecule has 0 bridgehead atoms. The standard InChI is InChI=1S/C17H21N3O3/c1-12-18-16(11-23-12)17(22)19-15-9-20(8-14(15)10-21)7-13-5-3-2-4-6-13/h2-6,11,14-15,21H,7-10H2,1H3,(H,19,22)/t14-,15+/m0/s1. The first kappa shape index (κ1) is 15.7. The monoisotopic (exact) mass is 315 g/mol. The number of aliphatic hydroxyl groups excluding tert-OH is 1. The Hall–Kier alpha value is -2.18. The van der Waals surface area contributed by atoms with Gasteiger partial charge in [0.05, 0.1) is 0 Å². The summed E-state index contributed by atoms with van der Waals surface area (Å²) in [5.74, 6) is 0.230. The molecule has 1 aromatic heterocycles. The van der Waals surface area contributed by atoms with Gasteiger partial charge in [0.25, 0.3) is 5.91 Å². The first-order valence-corrected chi connectivity index (χ1v) is 7.76. The maximum atomic E-state index is 12.2. The number of aryl methyl sites for hydroxylation is 1. The van der Waals surface area contributed by atoms with Gasteiger partial charge in [-0.2, -0.15) is 0 Å². The fourth-order valence-corrected chi connectivity index (χ4v) is 2.99. The van der Waals surface area contributed by atoms with Crippen LogP contribution in [-0.4, -0.2) is 46.6 Å². The summed E-state index contributed by atoms with van der Waals surface area (Å²) in [4.78, 5) is 18.5. The van der Waals surface area contributed by atoms with E-state index in [1.165, 1.54) is 11.8 Å². The third kappa shape index (κ3) is 3.78. The molecule has 3 rings (SSSR count). The lowest BCUT2D eigenvalue weighted by Gasteiger charge is -2.17. The summed E-state index contributed by atoms with van der Waals surface area (Å²) in [6.45, 7) is 4.03. The van der Waals surface area contributed by atoms with E-state index in [9.17, 15) is 9.90 Å². The molecular formula is C17H21N3O3. The topological polar surface area (TPSA) is 78.6 Å². The van der Waals surface area contributed by atoms with Gasteiger partial charge in [-0.1, -0.05) is 30.3 Å². The van der Waals surface area contributed by atoms with Crippen molar-refractivity contribution in [1.82, 2.24) is 15.2 Å². The summed E-state index contributed by atoms with van der Waals surface area (Å²) < 4.78 is 5.07. The van der Waals surface area contributed by atoms with Crippen molar-refractivity contribution in [2.24, 2.45) is 5.92 Å². The summed E-state index contributed by atoms with van der Waals surface area (Å²) in [5, 5.41) is 12.6. The fourth-order valence-electron chi connectivity index (χ4n) is 2.99. The predicted molar refractivity (Wildman–Crippen MR) is 84.8 cm³/mol. The minimum absolute atomic E-state index is 0.0238. The molecule has 2 atom stereocenters. The molecule has 0 spiro atoms. The maximum Gasteiger partial charge on any atom is 0.273 e. The number of nitrogens with one attached hydrogen (secondary N) is 1. The molecule has 2 N–H and O–H groups in total. The van der Waals surface area contributed by atoms with Crippen molar-refractivity contribution in [3.8, 4) is 0 Å². The molecule has 1 saturated heterocycles. The molecule has 2 heterocycles. The van der Waals surface area contributed by atoms with E-state index >= 15 is 0 Å². The maximum absolute atomic E-state index is 12.2. The van der Waals surface area contributed by atoms with E-state index in [1.54, 1.807) is 6.92 Å². The van der Waals surface area contributed by atoms with Crippen molar-refractivity contribution in [3.05, 3.63) is 53.7 Å². The molecule has 1 aromatic carbocycles. The van der Waals surface area contributed by atoms with Gasteiger partial charge >= 0.3 is 0 Å². The highest BCUT2D eigenvalue weighted by Gasteiger charge is 2.33. The highest BCUT2D eigenvalue weighted by molar-refractivity contribution is 5.92. The smallest absolute Gasteiger partial charge is 0.273 e. The van der Waals surface area contributed by atoms with Crippen molar-refractivity contribution in [3.63, 3.8) is 0 Å². The Morgan fingerprint density at radius 1 is 1.39 bits per heavy atom. The molecule has 1 fully saturated rings. The zero-order chi connectivity index (χ0) is 16.2. The number of benzene rings is 1. The lowest BCUT2D eigenvalue weighted by molar-refractivity contribution is 0.0916. The number of aromatic nitrogens is 1. The van der Waals surface area contributed by atoms with Crippen molar-refractivity contribution < 1.29 is 14.3 Å². The van der Waals surface area contributed by atoms with Crippen LogP contribution in [-0.2, 0) is 6.54 Å². The average Bonchev–Trinajstić information content (AvgIpc) is 3.14. The van der Waals surface area contributed by atoms with Crippen LogP contribution in [0.4, 0.5) is 0 Å². The summed E-state index contributed by atoms with van der Waals surface area (Å²) in [6.07, 6.45) is 1.36. The zero-order valence-electron chi connectivity index (χ0n) is 13.1. The Morgan fingerprint density at radius 3 is 2.83 bits per heavy atom. The van der Waals surface area contributed by atoms with Crippen LogP contribution in [0.5, 0.6) is 0 Å². The summed E-state index contributed by atoms with van der Waals surface area (Å²) in [5.41, 5.74) is 1.50. The van der Waals surface area contributed by atoms with Crippen LogP contribution >= 0.6 is 0 Å². The molecule has 0 radical (unpaired) electrons. The Bertz CT molecular complexity index is 656. The number of carbonyl (C=O) groups excluding carboxylic acids is 1. The van der Waals surface area contributed by atoms with Gasteiger partial charge < -0.3 is 14.8 Å². The number of likely N-dealkylation sites (tertiary alicyclic amines) is 1. The SMILES string of the molecule is Cc1nc(C(=O)N[C@@H]2CN(Cc3ccccc3)C[C@H]2CO)co1. The van der Waals surface area contributed by atoms with E-state index < -0.39 is 0 Å². The molecule has 1 amide bonds. The first-order chi connectivity index (χ1) is 11.2. The Morgan fingerprint density at radius 2 is 2.17 bits per heavy atom. The van der Waals surface area contributed by atoms with Gasteiger partial charge in [-0.3, -0.25) is 9.69 Å². The second-order valence-electron chi connectivity index (χ2n) is 5.95. The molecule has 23 heavy (non-hydrogen) atoms. The number of hydrogen-bond acceptors (Lipinski definition) is 5. The number of carbonyl (C=O) groups is 1. The van der Waals surface area contributed by atoms with Crippen LogP contribution in [0.1, 0.15) is 21.9 Å². The van der Waals surface area contributed by atoms with Gasteiger partial charge in [-0.15, -0.1) is 0 Å². The first-order valence-electron chi connectivity index (χ1n) is 7.76. The zero-order valence-corrected chi connectivity index (χ0v) is 13.1. The summed E-state index contributed by atoms with van der Waals surface area (Å²) in [7, 11) is 0. The van der Waals surface area contributed by atoms with Gasteiger partial charge in [0.1, 0.15) is 6.26 Å². The normalized spacial score (nSPS) is 21.5. The molecule has 2 aromatic rings. The highest BCUT2D eigenvalue weighted by Crippen LogP contribution is 2.19. The second kappa shape index (κ2) is 6.93. The average molecular weight is 315 g/mol. The molecule has 122 valence electrons. The van der Waals surface area contributed by atoms with E-state index in [0.717, 1.165) is 13.1 Å². The number of aliphatic hydroxyl groups is 1. The van der Waals surface area contributed by atoms with Gasteiger partial charge in [0, 0.05) is 45.1 Å². The van der Waals surface area contributed by atoms with E-state index in [0.29, 0.717) is 12.4 Å². The second-order valence-corrected chi connectivity index (χ2v) is 5.95. The van der Waals surface area contributed by atoms with Crippen molar-refractivity contribution in [1.29, 1.82) is 0 Å². The molecule has 0 aliphatic carbocycles. The van der Waals surface area contributed by atoms with Gasteiger partial charge in [-0.05, 0) is 5.56 Å². The van der Waals surface area contributed by atoms with E-state index in [1.807, 2.05) is 18.2 Å².